The van der Waals surface area contributed by atoms with Gasteiger partial charge in [-0.1, -0.05) is 60.1 Å². The number of carbonyl (C=O) groups excluding carboxylic acids is 2. The molecule has 0 atom stereocenters. The Bertz CT molecular complexity index is 1110. The average Bonchev–Trinajstić information content (AvgIpc) is 2.71. The molecule has 0 saturated heterocycles. The van der Waals surface area contributed by atoms with E-state index in [0.717, 1.165) is 27.1 Å². The third-order valence-corrected chi connectivity index (χ3v) is 4.77. The van der Waals surface area contributed by atoms with E-state index in [9.17, 15) is 9.59 Å². The summed E-state index contributed by atoms with van der Waals surface area (Å²) in [4.78, 5) is 24.6. The van der Waals surface area contributed by atoms with E-state index in [4.69, 9.17) is 16.3 Å². The first-order chi connectivity index (χ1) is 13.1. The van der Waals surface area contributed by atoms with Gasteiger partial charge in [0, 0.05) is 16.1 Å². The van der Waals surface area contributed by atoms with Crippen molar-refractivity contribution in [1.29, 1.82) is 0 Å². The normalized spacial score (nSPS) is 10.9. The Morgan fingerprint density at radius 1 is 0.778 bits per heavy atom. The number of carbonyl (C=O) groups is 2. The average molecular weight is 375 g/mol. The molecule has 0 aliphatic heterocycles. The van der Waals surface area contributed by atoms with Crippen LogP contribution in [0.5, 0.6) is 0 Å². The fourth-order valence-corrected chi connectivity index (χ4v) is 3.31. The van der Waals surface area contributed by atoms with Crippen LogP contribution in [-0.2, 0) is 16.1 Å². The Hall–Kier alpha value is -3.17. The van der Waals surface area contributed by atoms with Crippen molar-refractivity contribution in [2.45, 2.75) is 6.61 Å². The highest BCUT2D eigenvalue weighted by atomic mass is 35.5. The number of ether oxygens (including phenoxy) is 1. The fourth-order valence-electron chi connectivity index (χ4n) is 3.19. The predicted octanol–water partition coefficient (Wildman–Crippen LogP) is 5.57. The van der Waals surface area contributed by atoms with Crippen molar-refractivity contribution in [2.24, 2.45) is 0 Å². The molecular formula is C23H15ClO3. The van der Waals surface area contributed by atoms with Crippen molar-refractivity contribution in [2.75, 3.05) is 0 Å². The molecule has 0 heterocycles. The van der Waals surface area contributed by atoms with Crippen LogP contribution < -0.4 is 0 Å². The van der Waals surface area contributed by atoms with Gasteiger partial charge in [0.15, 0.2) is 0 Å². The smallest absolute Gasteiger partial charge is 0.380 e. The summed E-state index contributed by atoms with van der Waals surface area (Å²) >= 11 is 5.82. The van der Waals surface area contributed by atoms with Crippen LogP contribution in [0.2, 0.25) is 5.02 Å². The van der Waals surface area contributed by atoms with Crippen LogP contribution in [0, 0.1) is 0 Å². The second-order valence-electron chi connectivity index (χ2n) is 6.21. The van der Waals surface area contributed by atoms with Crippen molar-refractivity contribution in [3.8, 4) is 0 Å². The highest BCUT2D eigenvalue weighted by Gasteiger charge is 2.19. The standard InChI is InChI=1S/C23H15ClO3/c24-18-11-9-15(10-12-18)22(25)23(26)27-14-21-19-7-3-1-5-16(19)13-17-6-2-4-8-20(17)21/h1-13H,14H2. The van der Waals surface area contributed by atoms with Crippen LogP contribution in [-0.4, -0.2) is 11.8 Å². The number of benzene rings is 4. The minimum absolute atomic E-state index is 0.0278. The molecule has 27 heavy (non-hydrogen) atoms. The number of Topliss-reactive ketones (excluding diaryl/α,β-unsaturated/α-hetero) is 1. The molecule has 0 bridgehead atoms. The molecule has 132 valence electrons. The van der Waals surface area contributed by atoms with Gasteiger partial charge >= 0.3 is 5.97 Å². The van der Waals surface area contributed by atoms with Gasteiger partial charge in [0.2, 0.25) is 0 Å². The lowest BCUT2D eigenvalue weighted by atomic mass is 9.97. The van der Waals surface area contributed by atoms with Gasteiger partial charge in [-0.2, -0.15) is 0 Å². The second kappa shape index (κ2) is 7.22. The van der Waals surface area contributed by atoms with Gasteiger partial charge in [-0.15, -0.1) is 0 Å². The molecule has 4 rings (SSSR count). The summed E-state index contributed by atoms with van der Waals surface area (Å²) in [6.07, 6.45) is 0. The summed E-state index contributed by atoms with van der Waals surface area (Å²) in [6, 6.07) is 24.1. The van der Waals surface area contributed by atoms with Crippen molar-refractivity contribution < 1.29 is 14.3 Å². The Morgan fingerprint density at radius 2 is 1.33 bits per heavy atom. The van der Waals surface area contributed by atoms with Crippen LogP contribution in [0.25, 0.3) is 21.5 Å². The van der Waals surface area contributed by atoms with Gasteiger partial charge in [0.05, 0.1) is 0 Å². The third-order valence-electron chi connectivity index (χ3n) is 4.52. The topological polar surface area (TPSA) is 43.4 Å². The van der Waals surface area contributed by atoms with Crippen LogP contribution in [0.4, 0.5) is 0 Å². The molecule has 0 fully saturated rings. The van der Waals surface area contributed by atoms with Gasteiger partial charge in [0.25, 0.3) is 5.78 Å². The van der Waals surface area contributed by atoms with E-state index in [1.165, 1.54) is 12.1 Å². The van der Waals surface area contributed by atoms with Crippen LogP contribution in [0.1, 0.15) is 15.9 Å². The molecular weight excluding hydrogens is 360 g/mol. The first-order valence-electron chi connectivity index (χ1n) is 8.50. The number of halogens is 1. The zero-order valence-electron chi connectivity index (χ0n) is 14.3. The van der Waals surface area contributed by atoms with Gasteiger partial charge in [0.1, 0.15) is 6.61 Å². The van der Waals surface area contributed by atoms with Crippen LogP contribution in [0.15, 0.2) is 78.9 Å². The van der Waals surface area contributed by atoms with E-state index in [1.54, 1.807) is 12.1 Å². The SMILES string of the molecule is O=C(OCc1c2ccccc2cc2ccccc12)C(=O)c1ccc(Cl)cc1. The van der Waals surface area contributed by atoms with Gasteiger partial charge < -0.3 is 4.74 Å². The Balaban J connectivity index is 1.65. The minimum Gasteiger partial charge on any atom is -0.455 e. The van der Waals surface area contributed by atoms with E-state index < -0.39 is 11.8 Å². The molecule has 0 unspecified atom stereocenters. The van der Waals surface area contributed by atoms with E-state index in [1.807, 2.05) is 48.5 Å². The summed E-state index contributed by atoms with van der Waals surface area (Å²) in [5, 5.41) is 4.63. The maximum Gasteiger partial charge on any atom is 0.380 e. The number of hydrogen-bond donors (Lipinski definition) is 0. The Morgan fingerprint density at radius 3 is 1.93 bits per heavy atom. The molecule has 0 amide bonds. The summed E-state index contributed by atoms with van der Waals surface area (Å²) < 4.78 is 5.37. The highest BCUT2D eigenvalue weighted by Crippen LogP contribution is 2.29. The van der Waals surface area contributed by atoms with Crippen molar-refractivity contribution in [1.82, 2.24) is 0 Å². The molecule has 0 saturated carbocycles. The predicted molar refractivity (Wildman–Crippen MR) is 107 cm³/mol. The van der Waals surface area contributed by atoms with E-state index in [2.05, 4.69) is 6.07 Å². The minimum atomic E-state index is -0.880. The maximum atomic E-state index is 12.3. The van der Waals surface area contributed by atoms with Crippen LogP contribution in [0.3, 0.4) is 0 Å². The van der Waals surface area contributed by atoms with Crippen molar-refractivity contribution >= 4 is 44.9 Å². The molecule has 0 aromatic heterocycles. The number of fused-ring (bicyclic) bond motifs is 2. The highest BCUT2D eigenvalue weighted by molar-refractivity contribution is 6.40. The fraction of sp³-hybridized carbons (Fsp3) is 0.0435. The lowest BCUT2D eigenvalue weighted by Gasteiger charge is -2.12. The second-order valence-corrected chi connectivity index (χ2v) is 6.65. The summed E-state index contributed by atoms with van der Waals surface area (Å²) in [5.41, 5.74) is 1.15. The number of hydrogen-bond acceptors (Lipinski definition) is 3. The molecule has 4 aromatic rings. The van der Waals surface area contributed by atoms with Gasteiger partial charge in [-0.25, -0.2) is 4.79 Å². The monoisotopic (exact) mass is 374 g/mol. The van der Waals surface area contributed by atoms with Crippen molar-refractivity contribution in [3.05, 3.63) is 95.0 Å². The lowest BCUT2D eigenvalue weighted by molar-refractivity contribution is -0.139. The molecule has 0 radical (unpaired) electrons. The first-order valence-corrected chi connectivity index (χ1v) is 8.87. The quantitative estimate of drug-likeness (QED) is 0.203. The van der Waals surface area contributed by atoms with Crippen LogP contribution >= 0.6 is 11.6 Å². The van der Waals surface area contributed by atoms with Gasteiger partial charge in [-0.3, -0.25) is 4.79 Å². The molecule has 0 aliphatic carbocycles. The third kappa shape index (κ3) is 3.42. The molecule has 0 N–H and O–H groups in total. The largest absolute Gasteiger partial charge is 0.455 e. The molecule has 4 aromatic carbocycles. The zero-order valence-corrected chi connectivity index (χ0v) is 15.1. The number of ketones is 1. The summed E-state index contributed by atoms with van der Waals surface area (Å²) in [6.45, 7) is 0.0278. The summed E-state index contributed by atoms with van der Waals surface area (Å²) in [7, 11) is 0. The zero-order chi connectivity index (χ0) is 18.8. The maximum absolute atomic E-state index is 12.3. The number of esters is 1. The molecule has 0 aliphatic rings. The first kappa shape index (κ1) is 17.3. The van der Waals surface area contributed by atoms with E-state index in [0.29, 0.717) is 5.02 Å². The summed E-state index contributed by atoms with van der Waals surface area (Å²) in [5.74, 6) is -1.56. The molecule has 0 spiro atoms. The molecule has 4 heteroatoms. The molecule has 3 nitrogen and oxygen atoms in total. The lowest BCUT2D eigenvalue weighted by Crippen LogP contribution is -2.17. The Kier molecular flexibility index (Phi) is 4.61. The number of rotatable bonds is 4. The van der Waals surface area contributed by atoms with E-state index in [-0.39, 0.29) is 12.2 Å². The van der Waals surface area contributed by atoms with Crippen molar-refractivity contribution in [3.63, 3.8) is 0 Å². The van der Waals surface area contributed by atoms with E-state index >= 15 is 0 Å². The Labute approximate surface area is 161 Å². The van der Waals surface area contributed by atoms with Gasteiger partial charge in [-0.05, 0) is 51.9 Å².